The quantitative estimate of drug-likeness (QED) is 0.804. The molecular weight excluding hydrogens is 240 g/mol. The Bertz CT molecular complexity index is 415. The number of benzene rings is 1. The summed E-state index contributed by atoms with van der Waals surface area (Å²) in [7, 11) is 4.08. The molecule has 0 amide bonds. The zero-order valence-corrected chi connectivity index (χ0v) is 12.9. The van der Waals surface area contributed by atoms with Gasteiger partial charge in [0.15, 0.2) is 0 Å². The van der Waals surface area contributed by atoms with Crippen molar-refractivity contribution >= 4 is 5.69 Å². The van der Waals surface area contributed by atoms with Crippen LogP contribution in [0.3, 0.4) is 0 Å². The molecule has 2 N–H and O–H groups in total. The summed E-state index contributed by atoms with van der Waals surface area (Å²) >= 11 is 0. The number of rotatable bonds is 6. The molecule has 0 atom stereocenters. The number of nitrogens with zero attached hydrogens (tertiary/aromatic N) is 1. The van der Waals surface area contributed by atoms with Crippen molar-refractivity contribution in [1.82, 2.24) is 4.90 Å². The van der Waals surface area contributed by atoms with Crippen LogP contribution in [0.25, 0.3) is 0 Å². The third-order valence-electron chi connectivity index (χ3n) is 3.15. The van der Waals surface area contributed by atoms with Gasteiger partial charge in [0.1, 0.15) is 18.1 Å². The molecule has 0 bridgehead atoms. The van der Waals surface area contributed by atoms with Gasteiger partial charge in [-0.15, -0.1) is 0 Å². The largest absolute Gasteiger partial charge is 0.492 e. The first-order valence-corrected chi connectivity index (χ1v) is 6.59. The summed E-state index contributed by atoms with van der Waals surface area (Å²) in [5.41, 5.74) is 6.48. The second-order valence-electron chi connectivity index (χ2n) is 5.86. The Morgan fingerprint density at radius 1 is 1.26 bits per heavy atom. The molecule has 108 valence electrons. The molecule has 0 heterocycles. The summed E-state index contributed by atoms with van der Waals surface area (Å²) in [4.78, 5) is 2.13. The van der Waals surface area contributed by atoms with E-state index in [0.717, 1.165) is 5.75 Å². The molecule has 0 radical (unpaired) electrons. The van der Waals surface area contributed by atoms with Crippen molar-refractivity contribution in [1.29, 1.82) is 0 Å². The van der Waals surface area contributed by atoms with Crippen molar-refractivity contribution < 1.29 is 9.47 Å². The minimum absolute atomic E-state index is 0.0273. The lowest BCUT2D eigenvalue weighted by Gasteiger charge is -2.32. The Morgan fingerprint density at radius 3 is 2.42 bits per heavy atom. The van der Waals surface area contributed by atoms with E-state index in [0.29, 0.717) is 18.0 Å². The number of nitrogen functional groups attached to an aromatic ring is 1. The molecule has 4 nitrogen and oxygen atoms in total. The van der Waals surface area contributed by atoms with Crippen molar-refractivity contribution in [3.05, 3.63) is 18.2 Å². The average Bonchev–Trinajstić information content (AvgIpc) is 2.29. The lowest BCUT2D eigenvalue weighted by atomic mass is 10.1. The van der Waals surface area contributed by atoms with Crippen LogP contribution in [0.4, 0.5) is 5.69 Å². The summed E-state index contributed by atoms with van der Waals surface area (Å²) in [6, 6.07) is 5.53. The fraction of sp³-hybridized carbons (Fsp3) is 0.600. The van der Waals surface area contributed by atoms with E-state index in [1.54, 1.807) is 0 Å². The molecule has 0 spiro atoms. The standard InChI is InChI=1S/C15H26N2O2/c1-11(2)19-14-9-12(7-8-13(14)16)18-10-15(3,4)17(5)6/h7-9,11H,10,16H2,1-6H3. The molecule has 1 aromatic rings. The monoisotopic (exact) mass is 266 g/mol. The SMILES string of the molecule is CC(C)Oc1cc(OCC(C)(C)N(C)C)ccc1N. The van der Waals surface area contributed by atoms with Crippen LogP contribution >= 0.6 is 0 Å². The molecule has 0 aromatic heterocycles. The van der Waals surface area contributed by atoms with E-state index in [1.807, 2.05) is 46.1 Å². The van der Waals surface area contributed by atoms with Crippen LogP contribution in [0.1, 0.15) is 27.7 Å². The van der Waals surface area contributed by atoms with E-state index >= 15 is 0 Å². The van der Waals surface area contributed by atoms with Crippen LogP contribution < -0.4 is 15.2 Å². The number of nitrogens with two attached hydrogens (primary N) is 1. The molecule has 0 fully saturated rings. The highest BCUT2D eigenvalue weighted by Gasteiger charge is 2.21. The van der Waals surface area contributed by atoms with Gasteiger partial charge in [0, 0.05) is 11.6 Å². The Labute approximate surface area is 116 Å². The van der Waals surface area contributed by atoms with Gasteiger partial charge < -0.3 is 20.1 Å². The van der Waals surface area contributed by atoms with Gasteiger partial charge in [-0.2, -0.15) is 0 Å². The van der Waals surface area contributed by atoms with E-state index in [4.69, 9.17) is 15.2 Å². The van der Waals surface area contributed by atoms with Crippen LogP contribution in [-0.2, 0) is 0 Å². The smallest absolute Gasteiger partial charge is 0.146 e. The summed E-state index contributed by atoms with van der Waals surface area (Å²) in [6.07, 6.45) is 0.0933. The van der Waals surface area contributed by atoms with E-state index in [2.05, 4.69) is 18.7 Å². The lowest BCUT2D eigenvalue weighted by Crippen LogP contribution is -2.43. The Balaban J connectivity index is 2.75. The molecule has 0 saturated heterocycles. The first-order valence-electron chi connectivity index (χ1n) is 6.59. The number of ether oxygens (including phenoxy) is 2. The average molecular weight is 266 g/mol. The zero-order chi connectivity index (χ0) is 14.6. The molecule has 0 saturated carbocycles. The molecule has 0 aliphatic carbocycles. The van der Waals surface area contributed by atoms with E-state index in [1.165, 1.54) is 0 Å². The fourth-order valence-electron chi connectivity index (χ4n) is 1.35. The lowest BCUT2D eigenvalue weighted by molar-refractivity contribution is 0.113. The van der Waals surface area contributed by atoms with Gasteiger partial charge in [-0.05, 0) is 53.9 Å². The van der Waals surface area contributed by atoms with Crippen molar-refractivity contribution in [3.63, 3.8) is 0 Å². The summed E-state index contributed by atoms with van der Waals surface area (Å²) in [6.45, 7) is 8.82. The van der Waals surface area contributed by atoms with Crippen molar-refractivity contribution in [2.75, 3.05) is 26.4 Å². The molecule has 19 heavy (non-hydrogen) atoms. The minimum Gasteiger partial charge on any atom is -0.492 e. The highest BCUT2D eigenvalue weighted by Crippen LogP contribution is 2.28. The zero-order valence-electron chi connectivity index (χ0n) is 12.9. The molecule has 0 aliphatic rings. The maximum absolute atomic E-state index is 5.88. The molecule has 0 aliphatic heterocycles. The molecule has 1 aromatic carbocycles. The summed E-state index contributed by atoms with van der Waals surface area (Å²) in [5.74, 6) is 1.45. The van der Waals surface area contributed by atoms with Gasteiger partial charge in [0.05, 0.1) is 11.8 Å². The topological polar surface area (TPSA) is 47.7 Å². The normalized spacial score (nSPS) is 12.0. The summed E-state index contributed by atoms with van der Waals surface area (Å²) < 4.78 is 11.5. The molecule has 0 unspecified atom stereocenters. The number of anilines is 1. The van der Waals surface area contributed by atoms with Crippen LogP contribution in [-0.4, -0.2) is 37.2 Å². The predicted octanol–water partition coefficient (Wildman–Crippen LogP) is 2.78. The van der Waals surface area contributed by atoms with Gasteiger partial charge in [0.25, 0.3) is 0 Å². The first-order chi connectivity index (χ1) is 8.72. The maximum atomic E-state index is 5.88. The highest BCUT2D eigenvalue weighted by molar-refractivity contribution is 5.55. The van der Waals surface area contributed by atoms with E-state index < -0.39 is 0 Å². The predicted molar refractivity (Wildman–Crippen MR) is 79.9 cm³/mol. The number of likely N-dealkylation sites (N-methyl/N-ethyl adjacent to an activating group) is 1. The molecule has 4 heteroatoms. The van der Waals surface area contributed by atoms with Crippen molar-refractivity contribution in [3.8, 4) is 11.5 Å². The minimum atomic E-state index is -0.0273. The molecular formula is C15H26N2O2. The van der Waals surface area contributed by atoms with Crippen LogP contribution in [0, 0.1) is 0 Å². The Morgan fingerprint density at radius 2 is 1.89 bits per heavy atom. The third kappa shape index (κ3) is 4.63. The second-order valence-corrected chi connectivity index (χ2v) is 5.86. The first kappa shape index (κ1) is 15.6. The van der Waals surface area contributed by atoms with Gasteiger partial charge in [-0.25, -0.2) is 0 Å². The maximum Gasteiger partial charge on any atom is 0.146 e. The van der Waals surface area contributed by atoms with Gasteiger partial charge >= 0.3 is 0 Å². The number of hydrogen-bond donors (Lipinski definition) is 1. The van der Waals surface area contributed by atoms with Gasteiger partial charge in [-0.3, -0.25) is 0 Å². The van der Waals surface area contributed by atoms with Crippen LogP contribution in [0.15, 0.2) is 18.2 Å². The van der Waals surface area contributed by atoms with Crippen molar-refractivity contribution in [2.24, 2.45) is 0 Å². The number of hydrogen-bond acceptors (Lipinski definition) is 4. The van der Waals surface area contributed by atoms with E-state index in [9.17, 15) is 0 Å². The fourth-order valence-corrected chi connectivity index (χ4v) is 1.35. The highest BCUT2D eigenvalue weighted by atomic mass is 16.5. The van der Waals surface area contributed by atoms with Crippen LogP contribution in [0.5, 0.6) is 11.5 Å². The van der Waals surface area contributed by atoms with Gasteiger partial charge in [-0.1, -0.05) is 0 Å². The van der Waals surface area contributed by atoms with E-state index in [-0.39, 0.29) is 11.6 Å². The van der Waals surface area contributed by atoms with Gasteiger partial charge in [0.2, 0.25) is 0 Å². The van der Waals surface area contributed by atoms with Crippen LogP contribution in [0.2, 0.25) is 0 Å². The third-order valence-corrected chi connectivity index (χ3v) is 3.15. The van der Waals surface area contributed by atoms with Crippen molar-refractivity contribution in [2.45, 2.75) is 39.3 Å². The Kier molecular flexibility index (Phi) is 5.06. The summed E-state index contributed by atoms with van der Waals surface area (Å²) in [5, 5.41) is 0. The second kappa shape index (κ2) is 6.15. The Hall–Kier alpha value is -1.42. The molecule has 1 rings (SSSR count).